The zero-order valence-electron chi connectivity index (χ0n) is 43.1. The zero-order valence-corrected chi connectivity index (χ0v) is 43.1. The number of oxime groups is 1. The number of hydrogen-bond donors (Lipinski definition) is 3. The molecule has 12 heteroatoms. The van der Waals surface area contributed by atoms with Crippen LogP contribution in [-0.2, 0) is 23.8 Å². The second kappa shape index (κ2) is 29.4. The molecule has 72 heavy (non-hydrogen) atoms. The summed E-state index contributed by atoms with van der Waals surface area (Å²) in [6.45, 7) is 7.83. The highest BCUT2D eigenvalue weighted by atomic mass is 16.8. The molecule has 1 amide bonds. The molecule has 7 atom stereocenters. The van der Waals surface area contributed by atoms with Gasteiger partial charge in [-0.05, 0) is 104 Å². The lowest BCUT2D eigenvalue weighted by Crippen LogP contribution is -2.70. The van der Waals surface area contributed by atoms with Crippen LogP contribution in [0.25, 0.3) is 11.1 Å². The third-order valence-electron chi connectivity index (χ3n) is 15.2. The van der Waals surface area contributed by atoms with E-state index in [2.05, 4.69) is 49.9 Å². The molecule has 2 heterocycles. The van der Waals surface area contributed by atoms with Crippen LogP contribution in [-0.4, -0.2) is 103 Å². The topological polar surface area (TPSA) is 149 Å². The van der Waals surface area contributed by atoms with E-state index in [0.717, 1.165) is 92.2 Å². The number of ether oxygens (including phenoxy) is 5. The average molecular weight is 993 g/mol. The number of fused-ring (bicyclic) bond motifs is 2. The molecule has 1 saturated carbocycles. The minimum atomic E-state index is -1.40. The summed E-state index contributed by atoms with van der Waals surface area (Å²) in [5, 5.41) is 34.9. The molecule has 2 aliphatic heterocycles. The van der Waals surface area contributed by atoms with E-state index < -0.39 is 24.0 Å². The Hall–Kier alpha value is -4.56. The zero-order chi connectivity index (χ0) is 50.4. The third kappa shape index (κ3) is 14.6. The normalized spacial score (nSPS) is 23.9. The van der Waals surface area contributed by atoms with Crippen LogP contribution in [0.3, 0.4) is 0 Å². The number of aliphatic hydroxyl groups excluding tert-OH is 3. The lowest BCUT2D eigenvalue weighted by molar-refractivity contribution is -0.258. The van der Waals surface area contributed by atoms with Crippen LogP contribution in [0.1, 0.15) is 147 Å². The van der Waals surface area contributed by atoms with Crippen LogP contribution in [0.5, 0.6) is 17.2 Å². The largest absolute Gasteiger partial charge is 0.459 e. The lowest BCUT2D eigenvalue weighted by atomic mass is 9.55. The van der Waals surface area contributed by atoms with Crippen molar-refractivity contribution in [2.75, 3.05) is 52.8 Å². The summed E-state index contributed by atoms with van der Waals surface area (Å²) in [4.78, 5) is 23.4. The Bertz CT molecular complexity index is 2140. The molecule has 0 aromatic heterocycles. The average Bonchev–Trinajstić information content (AvgIpc) is 3.41. The van der Waals surface area contributed by atoms with Crippen LogP contribution in [0.4, 0.5) is 0 Å². The fourth-order valence-electron chi connectivity index (χ4n) is 11.6. The second-order valence-corrected chi connectivity index (χ2v) is 20.2. The van der Waals surface area contributed by atoms with E-state index in [4.69, 9.17) is 33.7 Å². The van der Waals surface area contributed by atoms with Crippen LogP contribution in [0, 0.1) is 17.8 Å². The van der Waals surface area contributed by atoms with Crippen molar-refractivity contribution in [3.63, 3.8) is 0 Å². The Morgan fingerprint density at radius 3 is 2.25 bits per heavy atom. The fourth-order valence-corrected chi connectivity index (χ4v) is 11.6. The molecule has 3 aromatic rings. The molecule has 2 fully saturated rings. The van der Waals surface area contributed by atoms with Crippen molar-refractivity contribution in [2.24, 2.45) is 22.9 Å². The summed E-state index contributed by atoms with van der Waals surface area (Å²) in [6, 6.07) is 23.8. The van der Waals surface area contributed by atoms with Gasteiger partial charge in [0.15, 0.2) is 0 Å². The van der Waals surface area contributed by atoms with Crippen LogP contribution >= 0.6 is 0 Å². The minimum Gasteiger partial charge on any atom is -0.459 e. The Kier molecular flexibility index (Phi) is 22.5. The van der Waals surface area contributed by atoms with Crippen molar-refractivity contribution in [3.05, 3.63) is 103 Å². The first-order chi connectivity index (χ1) is 35.4. The number of unbranched alkanes of at least 4 members (excludes halogenated alkanes) is 10. The smallest absolute Gasteiger partial charge is 0.239 e. The second-order valence-electron chi connectivity index (χ2n) is 20.2. The standard InChI is InChI=1S/C60H84N2O10/c1-3-5-6-7-8-9-10-11-15-26-56(66)62(34-40-67-41-37-65)55-44-53(61-72-57-27-18-21-39-68-57)51-42-47(24-16-19-35-63)50(25-17-20-36-64)58-52-43-49(32-33-54(52)71-60(55,59(51)58)69-38-4-2)70-48-30-28-46(29-31-48)45-22-13-12-14-23-45/h4,12-14,22-23,28-33,42-43,47,50,55,57-59,63-65H,2-3,5-11,15-21,24-27,34-41,44H2,1H3/t47-,50+,55-,57?,58+,59+,60+/m0/s1. The molecular formula is C60H84N2O10. The van der Waals surface area contributed by atoms with Gasteiger partial charge in [0, 0.05) is 50.5 Å². The molecule has 3 N–H and O–H groups in total. The number of carbonyl (C=O) groups excluding carboxylic acids is 1. The molecule has 0 radical (unpaired) electrons. The number of amides is 1. The van der Waals surface area contributed by atoms with E-state index in [1.165, 1.54) is 38.5 Å². The molecule has 1 unspecified atom stereocenters. The molecular weight excluding hydrogens is 909 g/mol. The SMILES string of the molecule is C=CCO[C@@]12Oc3ccc(Oc4ccc(-c5ccccc5)cc4)cc3[C@H]3[C@H](CCCCO)[C@@H](CCCCO)C=C(C(=NOC4CCCCO4)C[C@@H]1N(CCOCCO)C(=O)CCCCCCCCCCC)[C@H]32. The van der Waals surface area contributed by atoms with Gasteiger partial charge in [-0.15, -0.1) is 6.58 Å². The first-order valence-electron chi connectivity index (χ1n) is 27.6. The number of aliphatic hydroxyl groups is 3. The predicted molar refractivity (Wildman–Crippen MR) is 283 cm³/mol. The molecule has 0 spiro atoms. The number of benzene rings is 3. The van der Waals surface area contributed by atoms with E-state index >= 15 is 4.79 Å². The third-order valence-corrected chi connectivity index (χ3v) is 15.2. The number of allylic oxidation sites excluding steroid dienone is 1. The molecule has 1 saturated heterocycles. The summed E-state index contributed by atoms with van der Waals surface area (Å²) in [5.41, 5.74) is 4.92. The van der Waals surface area contributed by atoms with Gasteiger partial charge in [-0.25, -0.2) is 0 Å². The van der Waals surface area contributed by atoms with Gasteiger partial charge in [-0.2, -0.15) is 0 Å². The predicted octanol–water partition coefficient (Wildman–Crippen LogP) is 12.1. The summed E-state index contributed by atoms with van der Waals surface area (Å²) < 4.78 is 33.4. The van der Waals surface area contributed by atoms with Gasteiger partial charge in [0.05, 0.1) is 44.7 Å². The monoisotopic (exact) mass is 993 g/mol. The molecule has 3 aromatic carbocycles. The van der Waals surface area contributed by atoms with Crippen LogP contribution < -0.4 is 9.47 Å². The molecule has 2 aliphatic carbocycles. The van der Waals surface area contributed by atoms with E-state index in [1.54, 1.807) is 6.08 Å². The van der Waals surface area contributed by atoms with Gasteiger partial charge < -0.3 is 48.7 Å². The number of nitrogens with zero attached hydrogens (tertiary/aromatic N) is 2. The Balaban J connectivity index is 1.33. The van der Waals surface area contributed by atoms with Gasteiger partial charge >= 0.3 is 0 Å². The first-order valence-corrected chi connectivity index (χ1v) is 27.6. The highest BCUT2D eigenvalue weighted by Crippen LogP contribution is 2.62. The van der Waals surface area contributed by atoms with Crippen LogP contribution in [0.15, 0.2) is 102 Å². The van der Waals surface area contributed by atoms with Crippen molar-refractivity contribution in [1.29, 1.82) is 0 Å². The van der Waals surface area contributed by atoms with Crippen LogP contribution in [0.2, 0.25) is 0 Å². The van der Waals surface area contributed by atoms with Gasteiger partial charge in [0.25, 0.3) is 0 Å². The molecule has 394 valence electrons. The maximum Gasteiger partial charge on any atom is 0.239 e. The van der Waals surface area contributed by atoms with Gasteiger partial charge in [0.1, 0.15) is 23.3 Å². The summed E-state index contributed by atoms with van der Waals surface area (Å²) in [5.74, 6) is 0.0924. The highest BCUT2D eigenvalue weighted by molar-refractivity contribution is 6.03. The van der Waals surface area contributed by atoms with E-state index in [-0.39, 0.29) is 76.3 Å². The van der Waals surface area contributed by atoms with Crippen molar-refractivity contribution in [3.8, 4) is 28.4 Å². The fraction of sp³-hybridized carbons (Fsp3) is 0.600. The first kappa shape index (κ1) is 55.2. The minimum absolute atomic E-state index is 0.00871. The Morgan fingerprint density at radius 2 is 1.54 bits per heavy atom. The quantitative estimate of drug-likeness (QED) is 0.0313. The Labute approximate surface area is 429 Å². The summed E-state index contributed by atoms with van der Waals surface area (Å²) >= 11 is 0. The number of carbonyl (C=O) groups is 1. The maximum absolute atomic E-state index is 15.1. The summed E-state index contributed by atoms with van der Waals surface area (Å²) in [6.07, 6.45) is 21.9. The lowest BCUT2D eigenvalue weighted by Gasteiger charge is -2.60. The van der Waals surface area contributed by atoms with Gasteiger partial charge in [-0.3, -0.25) is 4.79 Å². The van der Waals surface area contributed by atoms with Crippen molar-refractivity contribution in [2.45, 2.75) is 159 Å². The summed E-state index contributed by atoms with van der Waals surface area (Å²) in [7, 11) is 0. The van der Waals surface area contributed by atoms with Crippen molar-refractivity contribution >= 4 is 11.6 Å². The van der Waals surface area contributed by atoms with E-state index in [0.29, 0.717) is 43.1 Å². The molecule has 4 aliphatic rings. The number of rotatable bonds is 32. The highest BCUT2D eigenvalue weighted by Gasteiger charge is 2.65. The number of hydrogen-bond acceptors (Lipinski definition) is 11. The Morgan fingerprint density at radius 1 is 0.819 bits per heavy atom. The molecule has 7 rings (SSSR count). The van der Waals surface area contributed by atoms with Gasteiger partial charge in [-0.1, -0.05) is 131 Å². The van der Waals surface area contributed by atoms with Gasteiger partial charge in [0.2, 0.25) is 18.0 Å². The van der Waals surface area contributed by atoms with Crippen molar-refractivity contribution < 1.29 is 48.6 Å². The molecule has 12 nitrogen and oxygen atoms in total. The maximum atomic E-state index is 15.1. The molecule has 0 bridgehead atoms. The van der Waals surface area contributed by atoms with E-state index in [1.807, 2.05) is 47.4 Å². The van der Waals surface area contributed by atoms with E-state index in [9.17, 15) is 15.3 Å². The van der Waals surface area contributed by atoms with Crippen molar-refractivity contribution in [1.82, 2.24) is 4.90 Å².